The van der Waals surface area contributed by atoms with Gasteiger partial charge in [-0.1, -0.05) is 24.3 Å². The van der Waals surface area contributed by atoms with Crippen LogP contribution in [0.25, 0.3) is 22.0 Å². The number of pyridine rings is 1. The Morgan fingerprint density at radius 1 is 1.03 bits per heavy atom. The van der Waals surface area contributed by atoms with Crippen molar-refractivity contribution < 1.29 is 9.53 Å². The van der Waals surface area contributed by atoms with Crippen molar-refractivity contribution in [1.29, 1.82) is 0 Å². The maximum atomic E-state index is 10.6. The zero-order valence-corrected chi connectivity index (χ0v) is 16.6. The fraction of sp³-hybridized carbons (Fsp3) is 0.360. The van der Waals surface area contributed by atoms with Crippen molar-refractivity contribution in [2.45, 2.75) is 37.7 Å². The molecule has 148 valence electrons. The second-order valence-corrected chi connectivity index (χ2v) is 8.32. The third-order valence-corrected chi connectivity index (χ3v) is 6.49. The molecule has 1 aromatic heterocycles. The van der Waals surface area contributed by atoms with Crippen molar-refractivity contribution in [3.8, 4) is 16.9 Å². The van der Waals surface area contributed by atoms with Crippen molar-refractivity contribution >= 4 is 17.2 Å². The van der Waals surface area contributed by atoms with Gasteiger partial charge in [-0.2, -0.15) is 0 Å². The van der Waals surface area contributed by atoms with Gasteiger partial charge in [-0.15, -0.1) is 0 Å². The van der Waals surface area contributed by atoms with Crippen molar-refractivity contribution in [2.24, 2.45) is 0 Å². The number of benzene rings is 2. The van der Waals surface area contributed by atoms with E-state index in [2.05, 4.69) is 46.3 Å². The van der Waals surface area contributed by atoms with Crippen molar-refractivity contribution in [3.05, 3.63) is 60.3 Å². The summed E-state index contributed by atoms with van der Waals surface area (Å²) >= 11 is 0. The van der Waals surface area contributed by atoms with Gasteiger partial charge >= 0.3 is 0 Å². The fourth-order valence-corrected chi connectivity index (χ4v) is 4.70. The largest absolute Gasteiger partial charge is 0.487 e. The van der Waals surface area contributed by atoms with Gasteiger partial charge in [0.2, 0.25) is 0 Å². The average molecular weight is 386 g/mol. The first kappa shape index (κ1) is 18.3. The Morgan fingerprint density at radius 2 is 1.90 bits per heavy atom. The van der Waals surface area contributed by atoms with Gasteiger partial charge in [0.05, 0.1) is 5.52 Å². The average Bonchev–Trinajstić information content (AvgIpc) is 2.78. The minimum atomic E-state index is -0.0311. The molecule has 0 amide bonds. The van der Waals surface area contributed by atoms with E-state index in [0.717, 1.165) is 68.4 Å². The van der Waals surface area contributed by atoms with Crippen LogP contribution in [-0.2, 0) is 11.2 Å². The molecule has 1 saturated heterocycles. The molecule has 3 aromatic rings. The number of ether oxygens (including phenoxy) is 1. The van der Waals surface area contributed by atoms with Gasteiger partial charge in [0.15, 0.2) is 0 Å². The number of likely N-dealkylation sites (tertiary alicyclic amines) is 1. The summed E-state index contributed by atoms with van der Waals surface area (Å²) in [6, 6.07) is 17.0. The summed E-state index contributed by atoms with van der Waals surface area (Å²) in [5, 5.41) is 1.17. The maximum absolute atomic E-state index is 10.6. The lowest BCUT2D eigenvalue weighted by molar-refractivity contribution is -0.108. The number of aryl methyl sites for hydroxylation is 1. The molecule has 4 heteroatoms. The van der Waals surface area contributed by atoms with Crippen LogP contribution in [0.15, 0.2) is 54.7 Å². The predicted octanol–water partition coefficient (Wildman–Crippen LogP) is 4.65. The Balaban J connectivity index is 1.34. The van der Waals surface area contributed by atoms with Gasteiger partial charge in [-0.05, 0) is 61.1 Å². The standard InChI is InChI=1S/C25H26N2O2/c28-15-3-12-27-13-10-25(11-14-27)9-8-21-16-19(6-7-24(21)29-25)22-17-20-4-1-2-5-23(20)26-18-22/h1-2,4-7,15-18H,3,8-14H2. The first-order valence-corrected chi connectivity index (χ1v) is 10.6. The highest BCUT2D eigenvalue weighted by Gasteiger charge is 2.39. The lowest BCUT2D eigenvalue weighted by Crippen LogP contribution is -2.49. The molecule has 5 rings (SSSR count). The summed E-state index contributed by atoms with van der Waals surface area (Å²) in [7, 11) is 0. The zero-order valence-electron chi connectivity index (χ0n) is 16.6. The van der Waals surface area contributed by atoms with Crippen LogP contribution in [0.3, 0.4) is 0 Å². The van der Waals surface area contributed by atoms with E-state index in [1.165, 1.54) is 16.5 Å². The minimum absolute atomic E-state index is 0.0311. The number of para-hydroxylation sites is 1. The van der Waals surface area contributed by atoms with Gasteiger partial charge in [0.25, 0.3) is 0 Å². The summed E-state index contributed by atoms with van der Waals surface area (Å²) in [5.41, 5.74) is 4.64. The first-order valence-electron chi connectivity index (χ1n) is 10.6. The van der Waals surface area contributed by atoms with Crippen LogP contribution in [0.2, 0.25) is 0 Å². The molecule has 2 aliphatic rings. The molecule has 0 unspecified atom stereocenters. The molecule has 0 atom stereocenters. The molecule has 2 aromatic carbocycles. The second kappa shape index (κ2) is 7.60. The Bertz CT molecular complexity index is 1040. The molecule has 0 radical (unpaired) electrons. The molecule has 0 saturated carbocycles. The second-order valence-electron chi connectivity index (χ2n) is 8.32. The van der Waals surface area contributed by atoms with Gasteiger partial charge in [0, 0.05) is 43.2 Å². The number of aldehydes is 1. The summed E-state index contributed by atoms with van der Waals surface area (Å²) in [6.07, 6.45) is 7.82. The van der Waals surface area contributed by atoms with Crippen LogP contribution in [0.4, 0.5) is 0 Å². The molecular formula is C25H26N2O2. The number of hydrogen-bond donors (Lipinski definition) is 0. The Kier molecular flexibility index (Phi) is 4.80. The first-order chi connectivity index (χ1) is 14.2. The topological polar surface area (TPSA) is 42.4 Å². The highest BCUT2D eigenvalue weighted by Crippen LogP contribution is 2.40. The van der Waals surface area contributed by atoms with Crippen LogP contribution in [0, 0.1) is 0 Å². The maximum Gasteiger partial charge on any atom is 0.123 e. The van der Waals surface area contributed by atoms with E-state index in [9.17, 15) is 4.79 Å². The number of rotatable bonds is 4. The lowest BCUT2D eigenvalue weighted by atomic mass is 9.82. The quantitative estimate of drug-likeness (QED) is 0.612. The SMILES string of the molecule is O=CCCN1CCC2(CCc3cc(-c4cnc5ccccc5c4)ccc3O2)CC1. The molecule has 1 fully saturated rings. The highest BCUT2D eigenvalue weighted by atomic mass is 16.5. The van der Waals surface area contributed by atoms with E-state index >= 15 is 0 Å². The lowest BCUT2D eigenvalue weighted by Gasteiger charge is -2.44. The molecule has 4 nitrogen and oxygen atoms in total. The van der Waals surface area contributed by atoms with E-state index in [1.807, 2.05) is 18.3 Å². The van der Waals surface area contributed by atoms with Crippen LogP contribution >= 0.6 is 0 Å². The number of carbonyl (C=O) groups is 1. The molecule has 0 aliphatic carbocycles. The smallest absolute Gasteiger partial charge is 0.123 e. The summed E-state index contributed by atoms with van der Waals surface area (Å²) in [5.74, 6) is 1.04. The van der Waals surface area contributed by atoms with Crippen molar-refractivity contribution in [2.75, 3.05) is 19.6 Å². The van der Waals surface area contributed by atoms with E-state index in [0.29, 0.717) is 6.42 Å². The van der Waals surface area contributed by atoms with Crippen LogP contribution < -0.4 is 4.74 Å². The molecular weight excluding hydrogens is 360 g/mol. The zero-order chi connectivity index (χ0) is 19.7. The number of nitrogens with zero attached hydrogens (tertiary/aromatic N) is 2. The molecule has 29 heavy (non-hydrogen) atoms. The van der Waals surface area contributed by atoms with E-state index in [4.69, 9.17) is 4.74 Å². The van der Waals surface area contributed by atoms with Gasteiger partial charge in [-0.25, -0.2) is 0 Å². The number of piperidine rings is 1. The van der Waals surface area contributed by atoms with Crippen molar-refractivity contribution in [3.63, 3.8) is 0 Å². The molecule has 1 spiro atoms. The third-order valence-electron chi connectivity index (χ3n) is 6.49. The van der Waals surface area contributed by atoms with Gasteiger partial charge < -0.3 is 14.4 Å². The summed E-state index contributed by atoms with van der Waals surface area (Å²) in [6.45, 7) is 2.91. The third kappa shape index (κ3) is 3.65. The predicted molar refractivity (Wildman–Crippen MR) is 115 cm³/mol. The van der Waals surface area contributed by atoms with E-state index < -0.39 is 0 Å². The normalized spacial score (nSPS) is 18.3. The molecule has 0 N–H and O–H groups in total. The number of fused-ring (bicyclic) bond motifs is 2. The number of carbonyl (C=O) groups excluding carboxylic acids is 1. The van der Waals surface area contributed by atoms with Crippen molar-refractivity contribution in [1.82, 2.24) is 9.88 Å². The Hall–Kier alpha value is -2.72. The number of hydrogen-bond acceptors (Lipinski definition) is 4. The monoisotopic (exact) mass is 386 g/mol. The van der Waals surface area contributed by atoms with Gasteiger partial charge in [0.1, 0.15) is 17.6 Å². The van der Waals surface area contributed by atoms with Crippen LogP contribution in [0.5, 0.6) is 5.75 Å². The number of aromatic nitrogens is 1. The van der Waals surface area contributed by atoms with Crippen LogP contribution in [0.1, 0.15) is 31.2 Å². The summed E-state index contributed by atoms with van der Waals surface area (Å²) in [4.78, 5) is 17.6. The van der Waals surface area contributed by atoms with Crippen LogP contribution in [-0.4, -0.2) is 41.4 Å². The Labute approximate surface area is 171 Å². The van der Waals surface area contributed by atoms with E-state index in [-0.39, 0.29) is 5.60 Å². The fourth-order valence-electron chi connectivity index (χ4n) is 4.70. The highest BCUT2D eigenvalue weighted by molar-refractivity contribution is 5.83. The van der Waals surface area contributed by atoms with E-state index in [1.54, 1.807) is 0 Å². The summed E-state index contributed by atoms with van der Waals surface area (Å²) < 4.78 is 6.56. The minimum Gasteiger partial charge on any atom is -0.487 e. The Morgan fingerprint density at radius 3 is 2.76 bits per heavy atom. The molecule has 0 bridgehead atoms. The molecule has 2 aliphatic heterocycles. The molecule has 3 heterocycles. The van der Waals surface area contributed by atoms with Gasteiger partial charge in [-0.3, -0.25) is 4.98 Å².